The lowest BCUT2D eigenvalue weighted by Crippen LogP contribution is -2.34. The minimum Gasteiger partial charge on any atom is -0.495 e. The highest BCUT2D eigenvalue weighted by Gasteiger charge is 2.29. The molecule has 1 aliphatic rings. The number of hydrogen-bond acceptors (Lipinski definition) is 4. The van der Waals surface area contributed by atoms with E-state index in [-0.39, 0.29) is 10.6 Å². The molecule has 1 aromatic carbocycles. The Morgan fingerprint density at radius 3 is 2.83 bits per heavy atom. The van der Waals surface area contributed by atoms with Crippen LogP contribution in [0, 0.1) is 0 Å². The number of methoxy groups -OCH3 is 1. The number of sulfonamides is 1. The fraction of sp³-hybridized carbons (Fsp3) is 0.455. The van der Waals surface area contributed by atoms with E-state index in [4.69, 9.17) is 16.3 Å². The molecule has 0 spiro atoms. The van der Waals surface area contributed by atoms with Crippen LogP contribution in [0.5, 0.6) is 5.75 Å². The number of halogens is 1. The lowest BCUT2D eigenvalue weighted by molar-refractivity contribution is 0.396. The molecule has 0 aromatic heterocycles. The molecular formula is C11H14ClNO3S2. The van der Waals surface area contributed by atoms with E-state index in [1.54, 1.807) is 17.8 Å². The molecule has 1 heterocycles. The van der Waals surface area contributed by atoms with E-state index in [0.717, 1.165) is 12.2 Å². The normalized spacial score (nSPS) is 17.7. The van der Waals surface area contributed by atoms with Crippen LogP contribution >= 0.6 is 23.4 Å². The third-order valence-electron chi connectivity index (χ3n) is 2.67. The van der Waals surface area contributed by atoms with E-state index in [1.807, 2.05) is 0 Å². The molecule has 0 saturated carbocycles. The second-order valence-corrected chi connectivity index (χ2v) is 7.28. The van der Waals surface area contributed by atoms with Gasteiger partial charge in [-0.05, 0) is 24.3 Å². The predicted octanol–water partition coefficient (Wildman–Crippen LogP) is 2.43. The number of ether oxygens (including phenoxy) is 1. The molecule has 0 aliphatic carbocycles. The molecule has 0 bridgehead atoms. The van der Waals surface area contributed by atoms with Gasteiger partial charge in [0.1, 0.15) is 10.6 Å². The number of thioether (sulfide) groups is 1. The Labute approximate surface area is 116 Å². The Morgan fingerprint density at radius 1 is 1.44 bits per heavy atom. The lowest BCUT2D eigenvalue weighted by Gasteiger charge is -2.26. The largest absolute Gasteiger partial charge is 0.495 e. The average Bonchev–Trinajstić information content (AvgIpc) is 2.39. The second-order valence-electron chi connectivity index (χ2n) is 3.87. The molecule has 1 aromatic rings. The van der Waals surface area contributed by atoms with Gasteiger partial charge in [-0.2, -0.15) is 4.31 Å². The van der Waals surface area contributed by atoms with E-state index in [1.165, 1.54) is 23.5 Å². The van der Waals surface area contributed by atoms with Gasteiger partial charge in [-0.25, -0.2) is 8.42 Å². The van der Waals surface area contributed by atoms with Crippen LogP contribution < -0.4 is 4.74 Å². The third-order valence-corrected chi connectivity index (χ3v) is 6.03. The van der Waals surface area contributed by atoms with Crippen LogP contribution in [0.4, 0.5) is 0 Å². The van der Waals surface area contributed by atoms with Crippen LogP contribution in [0.15, 0.2) is 23.1 Å². The number of rotatable bonds is 3. The summed E-state index contributed by atoms with van der Waals surface area (Å²) in [4.78, 5) is 0.178. The van der Waals surface area contributed by atoms with Crippen molar-refractivity contribution in [2.24, 2.45) is 0 Å². The van der Waals surface area contributed by atoms with Gasteiger partial charge in [0, 0.05) is 17.6 Å². The molecule has 7 heteroatoms. The van der Waals surface area contributed by atoms with Crippen molar-refractivity contribution in [1.29, 1.82) is 0 Å². The van der Waals surface area contributed by atoms with Gasteiger partial charge in [-0.15, -0.1) is 11.8 Å². The highest BCUT2D eigenvalue weighted by molar-refractivity contribution is 8.00. The summed E-state index contributed by atoms with van der Waals surface area (Å²) >= 11 is 7.46. The SMILES string of the molecule is COc1cc(Cl)ccc1S(=O)(=O)N1CCCSC1. The summed E-state index contributed by atoms with van der Waals surface area (Å²) in [6.45, 7) is 0.557. The van der Waals surface area contributed by atoms with Crippen molar-refractivity contribution in [2.75, 3.05) is 25.3 Å². The Bertz CT molecular complexity index is 527. The number of hydrogen-bond donors (Lipinski definition) is 0. The Hall–Kier alpha value is -0.430. The molecule has 100 valence electrons. The molecule has 18 heavy (non-hydrogen) atoms. The van der Waals surface area contributed by atoms with Crippen molar-refractivity contribution in [3.8, 4) is 5.75 Å². The molecular weight excluding hydrogens is 294 g/mol. The molecule has 0 unspecified atom stereocenters. The third kappa shape index (κ3) is 2.77. The fourth-order valence-electron chi connectivity index (χ4n) is 1.76. The Balaban J connectivity index is 2.40. The van der Waals surface area contributed by atoms with E-state index >= 15 is 0 Å². The van der Waals surface area contributed by atoms with E-state index in [9.17, 15) is 8.42 Å². The zero-order valence-corrected chi connectivity index (χ0v) is 12.3. The van der Waals surface area contributed by atoms with Gasteiger partial charge in [-0.1, -0.05) is 11.6 Å². The van der Waals surface area contributed by atoms with Crippen molar-refractivity contribution in [1.82, 2.24) is 4.31 Å². The zero-order chi connectivity index (χ0) is 13.2. The topological polar surface area (TPSA) is 46.6 Å². The van der Waals surface area contributed by atoms with Crippen LogP contribution in [-0.2, 0) is 10.0 Å². The molecule has 0 atom stereocenters. The number of nitrogens with zero attached hydrogens (tertiary/aromatic N) is 1. The first-order valence-electron chi connectivity index (χ1n) is 5.47. The second kappa shape index (κ2) is 5.69. The maximum Gasteiger partial charge on any atom is 0.247 e. The van der Waals surface area contributed by atoms with Crippen LogP contribution in [-0.4, -0.2) is 38.0 Å². The lowest BCUT2D eigenvalue weighted by atomic mass is 10.3. The van der Waals surface area contributed by atoms with Crippen molar-refractivity contribution in [3.63, 3.8) is 0 Å². The van der Waals surface area contributed by atoms with Gasteiger partial charge in [0.15, 0.2) is 0 Å². The van der Waals surface area contributed by atoms with Gasteiger partial charge in [-0.3, -0.25) is 0 Å². The smallest absolute Gasteiger partial charge is 0.247 e. The maximum atomic E-state index is 12.5. The van der Waals surface area contributed by atoms with E-state index in [2.05, 4.69) is 0 Å². The summed E-state index contributed by atoms with van der Waals surface area (Å²) in [5, 5.41) is 0.457. The standard InChI is InChI=1S/C11H14ClNO3S2/c1-16-10-7-9(12)3-4-11(10)18(14,15)13-5-2-6-17-8-13/h3-4,7H,2,5-6,8H2,1H3. The van der Waals surface area contributed by atoms with Crippen molar-refractivity contribution in [2.45, 2.75) is 11.3 Å². The molecule has 1 saturated heterocycles. The van der Waals surface area contributed by atoms with Gasteiger partial charge < -0.3 is 4.74 Å². The Kier molecular flexibility index (Phi) is 4.42. The maximum absolute atomic E-state index is 12.5. The van der Waals surface area contributed by atoms with Crippen LogP contribution in [0.3, 0.4) is 0 Å². The van der Waals surface area contributed by atoms with Gasteiger partial charge in [0.05, 0.1) is 13.0 Å². The first-order chi connectivity index (χ1) is 8.55. The van der Waals surface area contributed by atoms with Gasteiger partial charge in [0.25, 0.3) is 0 Å². The van der Waals surface area contributed by atoms with Crippen LogP contribution in [0.2, 0.25) is 5.02 Å². The van der Waals surface area contributed by atoms with E-state index in [0.29, 0.717) is 17.4 Å². The molecule has 1 fully saturated rings. The first-order valence-corrected chi connectivity index (χ1v) is 8.44. The first kappa shape index (κ1) is 14.0. The Morgan fingerprint density at radius 2 is 2.22 bits per heavy atom. The molecule has 0 amide bonds. The average molecular weight is 308 g/mol. The van der Waals surface area contributed by atoms with Crippen molar-refractivity contribution >= 4 is 33.4 Å². The molecule has 1 aliphatic heterocycles. The predicted molar refractivity (Wildman–Crippen MR) is 73.8 cm³/mol. The van der Waals surface area contributed by atoms with Crippen LogP contribution in [0.1, 0.15) is 6.42 Å². The summed E-state index contributed by atoms with van der Waals surface area (Å²) in [5.74, 6) is 1.79. The minimum absolute atomic E-state index is 0.178. The van der Waals surface area contributed by atoms with Crippen molar-refractivity contribution < 1.29 is 13.2 Å². The van der Waals surface area contributed by atoms with Gasteiger partial charge >= 0.3 is 0 Å². The van der Waals surface area contributed by atoms with E-state index < -0.39 is 10.0 Å². The van der Waals surface area contributed by atoms with Crippen molar-refractivity contribution in [3.05, 3.63) is 23.2 Å². The molecule has 0 N–H and O–H groups in total. The quantitative estimate of drug-likeness (QED) is 0.860. The fourth-order valence-corrected chi connectivity index (χ4v) is 4.78. The minimum atomic E-state index is -3.49. The zero-order valence-electron chi connectivity index (χ0n) is 9.93. The summed E-state index contributed by atoms with van der Waals surface area (Å²) in [6, 6.07) is 4.58. The number of benzene rings is 1. The monoisotopic (exact) mass is 307 g/mol. The molecule has 2 rings (SSSR count). The highest BCUT2D eigenvalue weighted by Crippen LogP contribution is 2.31. The summed E-state index contributed by atoms with van der Waals surface area (Å²) in [6.07, 6.45) is 0.875. The van der Waals surface area contributed by atoms with Gasteiger partial charge in [0.2, 0.25) is 10.0 Å². The highest BCUT2D eigenvalue weighted by atomic mass is 35.5. The van der Waals surface area contributed by atoms with Crippen LogP contribution in [0.25, 0.3) is 0 Å². The molecule has 4 nitrogen and oxygen atoms in total. The molecule has 0 radical (unpaired) electrons. The summed E-state index contributed by atoms with van der Waals surface area (Å²) in [7, 11) is -2.05. The summed E-state index contributed by atoms with van der Waals surface area (Å²) < 4.78 is 31.5. The summed E-state index contributed by atoms with van der Waals surface area (Å²) in [5.41, 5.74) is 0.